The van der Waals surface area contributed by atoms with Crippen LogP contribution in [0, 0.1) is 22.7 Å². The van der Waals surface area contributed by atoms with E-state index in [2.05, 4.69) is 10.6 Å². The molecule has 1 atom stereocenters. The Bertz CT molecular complexity index is 1050. The summed E-state index contributed by atoms with van der Waals surface area (Å²) in [5.74, 6) is -1.14. The zero-order valence-corrected chi connectivity index (χ0v) is 15.8. The molecule has 2 aromatic carbocycles. The summed E-state index contributed by atoms with van der Waals surface area (Å²) < 4.78 is 39.9. The van der Waals surface area contributed by atoms with Crippen LogP contribution in [0.4, 0.5) is 18.9 Å². The van der Waals surface area contributed by atoms with Gasteiger partial charge < -0.3 is 10.6 Å². The predicted octanol–water partition coefficient (Wildman–Crippen LogP) is 4.25. The molecular weight excluding hydrogens is 395 g/mol. The van der Waals surface area contributed by atoms with E-state index >= 15 is 0 Å². The number of rotatable bonds is 5. The highest BCUT2D eigenvalue weighted by Crippen LogP contribution is 2.70. The van der Waals surface area contributed by atoms with Crippen LogP contribution >= 0.6 is 0 Å². The van der Waals surface area contributed by atoms with Crippen molar-refractivity contribution in [2.24, 2.45) is 11.3 Å². The lowest BCUT2D eigenvalue weighted by atomic mass is 10.1. The second kappa shape index (κ2) is 7.17. The maximum atomic E-state index is 13.3. The first-order valence-corrected chi connectivity index (χ1v) is 9.51. The summed E-state index contributed by atoms with van der Waals surface area (Å²) in [6.07, 6.45) is -1.91. The topological polar surface area (TPSA) is 82.0 Å². The van der Waals surface area contributed by atoms with Crippen LogP contribution in [0.1, 0.15) is 46.3 Å². The average molecular weight is 413 g/mol. The molecular formula is C22H18F3N3O2. The Morgan fingerprint density at radius 1 is 1.13 bits per heavy atom. The zero-order valence-electron chi connectivity index (χ0n) is 15.8. The highest BCUT2D eigenvalue weighted by molar-refractivity contribution is 5.99. The normalized spacial score (nSPS) is 18.4. The lowest BCUT2D eigenvalue weighted by Gasteiger charge is -2.13. The van der Waals surface area contributed by atoms with Crippen molar-refractivity contribution in [2.75, 3.05) is 5.32 Å². The Morgan fingerprint density at radius 2 is 1.83 bits per heavy atom. The number of nitrogens with one attached hydrogen (secondary N) is 2. The molecule has 1 spiro atoms. The standard InChI is InChI=1S/C22H18F3N3O2/c23-22(24,25)16-7-15(19(29)27-12-14-3-1-13(11-26)2-4-14)8-17(9-16)28-20(30)18-10-21(18)5-6-21/h1-4,7-9,18H,5-6,10,12H2,(H,27,29)(H,28,30). The molecule has 5 nitrogen and oxygen atoms in total. The van der Waals surface area contributed by atoms with E-state index in [9.17, 15) is 22.8 Å². The number of amides is 2. The van der Waals surface area contributed by atoms with Gasteiger partial charge in [-0.1, -0.05) is 12.1 Å². The van der Waals surface area contributed by atoms with Gasteiger partial charge in [0.25, 0.3) is 5.91 Å². The van der Waals surface area contributed by atoms with E-state index in [4.69, 9.17) is 5.26 Å². The molecule has 0 bridgehead atoms. The minimum Gasteiger partial charge on any atom is -0.348 e. The summed E-state index contributed by atoms with van der Waals surface area (Å²) in [7, 11) is 0. The fourth-order valence-electron chi connectivity index (χ4n) is 3.64. The summed E-state index contributed by atoms with van der Waals surface area (Å²) in [5, 5.41) is 13.9. The lowest BCUT2D eigenvalue weighted by Crippen LogP contribution is -2.24. The first-order chi connectivity index (χ1) is 14.2. The molecule has 2 N–H and O–H groups in total. The van der Waals surface area contributed by atoms with Crippen molar-refractivity contribution >= 4 is 17.5 Å². The van der Waals surface area contributed by atoms with E-state index in [-0.39, 0.29) is 35.0 Å². The van der Waals surface area contributed by atoms with Crippen molar-refractivity contribution in [1.82, 2.24) is 5.32 Å². The Labute approximate surface area is 170 Å². The van der Waals surface area contributed by atoms with Crippen LogP contribution in [0.15, 0.2) is 42.5 Å². The molecule has 2 saturated carbocycles. The molecule has 0 aromatic heterocycles. The number of hydrogen-bond donors (Lipinski definition) is 2. The van der Waals surface area contributed by atoms with Crippen LogP contribution in [0.2, 0.25) is 0 Å². The maximum absolute atomic E-state index is 13.3. The second-order valence-corrected chi connectivity index (χ2v) is 7.90. The Kier molecular flexibility index (Phi) is 4.77. The van der Waals surface area contributed by atoms with Crippen LogP contribution in [0.25, 0.3) is 0 Å². The number of halogens is 3. The predicted molar refractivity (Wildman–Crippen MR) is 102 cm³/mol. The quantitative estimate of drug-likeness (QED) is 0.769. The molecule has 0 heterocycles. The molecule has 2 fully saturated rings. The van der Waals surface area contributed by atoms with Gasteiger partial charge in [-0.25, -0.2) is 0 Å². The number of nitrogens with zero attached hydrogens (tertiary/aromatic N) is 1. The van der Waals surface area contributed by atoms with Crippen LogP contribution < -0.4 is 10.6 Å². The van der Waals surface area contributed by atoms with Gasteiger partial charge in [0.05, 0.1) is 17.2 Å². The summed E-state index contributed by atoms with van der Waals surface area (Å²) in [4.78, 5) is 24.8. The van der Waals surface area contributed by atoms with Crippen molar-refractivity contribution < 1.29 is 22.8 Å². The molecule has 0 saturated heterocycles. The highest BCUT2D eigenvalue weighted by atomic mass is 19.4. The molecule has 30 heavy (non-hydrogen) atoms. The van der Waals surface area contributed by atoms with Crippen molar-refractivity contribution in [3.8, 4) is 6.07 Å². The largest absolute Gasteiger partial charge is 0.416 e. The fourth-order valence-corrected chi connectivity index (χ4v) is 3.64. The van der Waals surface area contributed by atoms with Gasteiger partial charge in [0.15, 0.2) is 0 Å². The van der Waals surface area contributed by atoms with Gasteiger partial charge in [-0.3, -0.25) is 9.59 Å². The van der Waals surface area contributed by atoms with E-state index in [0.717, 1.165) is 31.4 Å². The maximum Gasteiger partial charge on any atom is 0.416 e. The van der Waals surface area contributed by atoms with Gasteiger partial charge in [0, 0.05) is 23.7 Å². The van der Waals surface area contributed by atoms with E-state index in [1.54, 1.807) is 24.3 Å². The van der Waals surface area contributed by atoms with Gasteiger partial charge in [-0.2, -0.15) is 18.4 Å². The third-order valence-electron chi connectivity index (χ3n) is 5.72. The average Bonchev–Trinajstić information content (AvgIpc) is 3.64. The number of nitriles is 1. The summed E-state index contributed by atoms with van der Waals surface area (Å²) in [6.45, 7) is 0.0904. The summed E-state index contributed by atoms with van der Waals surface area (Å²) >= 11 is 0. The first-order valence-electron chi connectivity index (χ1n) is 9.51. The van der Waals surface area contributed by atoms with Gasteiger partial charge in [-0.15, -0.1) is 0 Å². The third kappa shape index (κ3) is 4.15. The molecule has 4 rings (SSSR count). The minimum atomic E-state index is -4.65. The minimum absolute atomic E-state index is 0.0407. The fraction of sp³-hybridized carbons (Fsp3) is 0.318. The van der Waals surface area contributed by atoms with Crippen molar-refractivity contribution in [3.05, 3.63) is 64.7 Å². The highest BCUT2D eigenvalue weighted by Gasteiger charge is 2.65. The lowest BCUT2D eigenvalue weighted by molar-refractivity contribution is -0.137. The first kappa shape index (κ1) is 20.0. The third-order valence-corrected chi connectivity index (χ3v) is 5.72. The molecule has 1 unspecified atom stereocenters. The van der Waals surface area contributed by atoms with E-state index in [0.29, 0.717) is 11.1 Å². The summed E-state index contributed by atoms with van der Waals surface area (Å²) in [5.41, 5.74) is 0.0123. The molecule has 2 aliphatic carbocycles. The van der Waals surface area contributed by atoms with Crippen molar-refractivity contribution in [1.29, 1.82) is 5.26 Å². The molecule has 8 heteroatoms. The Hall–Kier alpha value is -3.34. The number of carbonyl (C=O) groups excluding carboxylic acids is 2. The SMILES string of the molecule is N#Cc1ccc(CNC(=O)c2cc(NC(=O)C3CC34CC4)cc(C(F)(F)F)c2)cc1. The van der Waals surface area contributed by atoms with Gasteiger partial charge >= 0.3 is 6.18 Å². The molecule has 0 radical (unpaired) electrons. The van der Waals surface area contributed by atoms with Crippen LogP contribution in [0.3, 0.4) is 0 Å². The van der Waals surface area contributed by atoms with E-state index in [1.165, 1.54) is 6.07 Å². The van der Waals surface area contributed by atoms with Crippen molar-refractivity contribution in [3.63, 3.8) is 0 Å². The van der Waals surface area contributed by atoms with Gasteiger partial charge in [0.2, 0.25) is 5.91 Å². The van der Waals surface area contributed by atoms with Crippen LogP contribution in [-0.2, 0) is 17.5 Å². The van der Waals surface area contributed by atoms with Crippen LogP contribution in [-0.4, -0.2) is 11.8 Å². The zero-order chi connectivity index (χ0) is 21.5. The van der Waals surface area contributed by atoms with E-state index in [1.807, 2.05) is 6.07 Å². The summed E-state index contributed by atoms with van der Waals surface area (Å²) in [6, 6.07) is 11.3. The van der Waals surface area contributed by atoms with Gasteiger partial charge in [0.1, 0.15) is 0 Å². The molecule has 0 aliphatic heterocycles. The molecule has 2 aromatic rings. The Morgan fingerprint density at radius 3 is 2.40 bits per heavy atom. The molecule has 2 amide bonds. The number of alkyl halides is 3. The van der Waals surface area contributed by atoms with Gasteiger partial charge in [-0.05, 0) is 60.6 Å². The second-order valence-electron chi connectivity index (χ2n) is 7.90. The number of carbonyl (C=O) groups is 2. The molecule has 2 aliphatic rings. The van der Waals surface area contributed by atoms with E-state index < -0.39 is 17.6 Å². The van der Waals surface area contributed by atoms with Crippen LogP contribution in [0.5, 0.6) is 0 Å². The number of anilines is 1. The Balaban J connectivity index is 1.49. The number of hydrogen-bond acceptors (Lipinski definition) is 3. The smallest absolute Gasteiger partial charge is 0.348 e. The molecule has 154 valence electrons. The number of benzene rings is 2. The van der Waals surface area contributed by atoms with Crippen molar-refractivity contribution in [2.45, 2.75) is 32.0 Å². The monoisotopic (exact) mass is 413 g/mol.